The Morgan fingerprint density at radius 3 is 2.62 bits per heavy atom. The predicted molar refractivity (Wildman–Crippen MR) is 108 cm³/mol. The highest BCUT2D eigenvalue weighted by Crippen LogP contribution is 2.40. The summed E-state index contributed by atoms with van der Waals surface area (Å²) < 4.78 is 19.7. The first-order chi connectivity index (χ1) is 13.9. The van der Waals surface area contributed by atoms with Gasteiger partial charge in [0.05, 0.1) is 18.7 Å². The lowest BCUT2D eigenvalue weighted by Gasteiger charge is -2.25. The molecule has 0 aromatic heterocycles. The second kappa shape index (κ2) is 8.75. The van der Waals surface area contributed by atoms with Crippen LogP contribution < -0.4 is 4.74 Å². The van der Waals surface area contributed by atoms with E-state index in [-0.39, 0.29) is 36.5 Å². The summed E-state index contributed by atoms with van der Waals surface area (Å²) in [5, 5.41) is 20.0. The minimum Gasteiger partial charge on any atom is -0.507 e. The van der Waals surface area contributed by atoms with Crippen molar-refractivity contribution in [2.45, 2.75) is 12.5 Å². The summed E-state index contributed by atoms with van der Waals surface area (Å²) >= 11 is 3.37. The van der Waals surface area contributed by atoms with Crippen LogP contribution in [0.4, 0.5) is 4.39 Å². The number of ether oxygens (including phenoxy) is 1. The number of nitrogens with zero attached hydrogens (tertiary/aromatic N) is 1. The number of carbonyl (C=O) groups excluding carboxylic acids is 2. The minimum absolute atomic E-state index is 0.00603. The van der Waals surface area contributed by atoms with E-state index < -0.39 is 29.3 Å². The van der Waals surface area contributed by atoms with Crippen LogP contribution in [0.15, 0.2) is 52.5 Å². The first-order valence-electron chi connectivity index (χ1n) is 8.87. The van der Waals surface area contributed by atoms with Crippen LogP contribution in [-0.2, 0) is 9.59 Å². The molecule has 1 fully saturated rings. The number of methoxy groups -OCH3 is 1. The first kappa shape index (κ1) is 21.0. The van der Waals surface area contributed by atoms with Gasteiger partial charge in [0.1, 0.15) is 5.76 Å². The Bertz CT molecular complexity index is 991. The molecule has 6 nitrogen and oxygen atoms in total. The summed E-state index contributed by atoms with van der Waals surface area (Å²) in [5.74, 6) is -2.82. The lowest BCUT2D eigenvalue weighted by molar-refractivity contribution is -0.140. The SMILES string of the molecule is COc1ccc(C(O)=C2C(=O)C(=O)N(CCCO)[C@@H]2c2cccc(Br)c2)cc1F. The van der Waals surface area contributed by atoms with Gasteiger partial charge >= 0.3 is 0 Å². The van der Waals surface area contributed by atoms with E-state index in [0.29, 0.717) is 5.56 Å². The lowest BCUT2D eigenvalue weighted by atomic mass is 9.95. The van der Waals surface area contributed by atoms with Gasteiger partial charge in [-0.3, -0.25) is 9.59 Å². The molecule has 1 amide bonds. The molecule has 2 aromatic carbocycles. The normalized spacial score (nSPS) is 18.3. The van der Waals surface area contributed by atoms with Crippen LogP contribution in [0.1, 0.15) is 23.6 Å². The van der Waals surface area contributed by atoms with Gasteiger partial charge in [-0.05, 0) is 42.3 Å². The number of hydrogen-bond acceptors (Lipinski definition) is 5. The highest BCUT2D eigenvalue weighted by Gasteiger charge is 2.45. The largest absolute Gasteiger partial charge is 0.507 e. The minimum atomic E-state index is -0.860. The van der Waals surface area contributed by atoms with E-state index in [1.54, 1.807) is 24.3 Å². The highest BCUT2D eigenvalue weighted by atomic mass is 79.9. The molecule has 8 heteroatoms. The molecule has 1 aliphatic rings. The molecule has 2 N–H and O–H groups in total. The van der Waals surface area contributed by atoms with Crippen LogP contribution in [0.2, 0.25) is 0 Å². The fourth-order valence-corrected chi connectivity index (χ4v) is 3.76. The van der Waals surface area contributed by atoms with Gasteiger partial charge in [-0.1, -0.05) is 28.1 Å². The lowest BCUT2D eigenvalue weighted by Crippen LogP contribution is -2.31. The number of rotatable bonds is 6. The van der Waals surface area contributed by atoms with Crippen molar-refractivity contribution in [3.8, 4) is 5.75 Å². The van der Waals surface area contributed by atoms with E-state index in [0.717, 1.165) is 10.5 Å². The number of likely N-dealkylation sites (tertiary alicyclic amines) is 1. The molecule has 0 bridgehead atoms. The van der Waals surface area contributed by atoms with Crippen molar-refractivity contribution in [2.24, 2.45) is 0 Å². The van der Waals surface area contributed by atoms with Crippen LogP contribution >= 0.6 is 15.9 Å². The van der Waals surface area contributed by atoms with E-state index in [9.17, 15) is 19.1 Å². The second-order valence-electron chi connectivity index (χ2n) is 6.47. The Morgan fingerprint density at radius 2 is 2.00 bits per heavy atom. The van der Waals surface area contributed by atoms with Gasteiger partial charge in [-0.2, -0.15) is 0 Å². The Morgan fingerprint density at radius 1 is 1.24 bits per heavy atom. The van der Waals surface area contributed by atoms with Crippen molar-refractivity contribution >= 4 is 33.4 Å². The van der Waals surface area contributed by atoms with Gasteiger partial charge in [0.15, 0.2) is 11.6 Å². The Labute approximate surface area is 175 Å². The molecule has 1 saturated heterocycles. The van der Waals surface area contributed by atoms with Crippen molar-refractivity contribution in [1.82, 2.24) is 4.90 Å². The molecule has 3 rings (SSSR count). The highest BCUT2D eigenvalue weighted by molar-refractivity contribution is 9.10. The molecular weight excluding hydrogens is 445 g/mol. The van der Waals surface area contributed by atoms with Crippen LogP contribution in [0.25, 0.3) is 5.76 Å². The molecule has 0 aliphatic carbocycles. The molecule has 152 valence electrons. The molecule has 1 aliphatic heterocycles. The first-order valence-corrected chi connectivity index (χ1v) is 9.67. The maximum absolute atomic E-state index is 14.1. The zero-order valence-corrected chi connectivity index (χ0v) is 17.1. The average Bonchev–Trinajstić information content (AvgIpc) is 2.96. The predicted octanol–water partition coefficient (Wildman–Crippen LogP) is 3.40. The zero-order valence-electron chi connectivity index (χ0n) is 15.6. The molecule has 0 radical (unpaired) electrons. The molecule has 1 atom stereocenters. The number of benzene rings is 2. The third kappa shape index (κ3) is 4.04. The zero-order chi connectivity index (χ0) is 21.1. The molecular formula is C21H19BrFNO5. The van der Waals surface area contributed by atoms with Crippen LogP contribution in [0.3, 0.4) is 0 Å². The third-order valence-electron chi connectivity index (χ3n) is 4.69. The van der Waals surface area contributed by atoms with E-state index >= 15 is 0 Å². The topological polar surface area (TPSA) is 87.1 Å². The summed E-state index contributed by atoms with van der Waals surface area (Å²) in [7, 11) is 1.32. The Kier molecular flexibility index (Phi) is 6.34. The maximum atomic E-state index is 14.1. The number of aliphatic hydroxyl groups is 2. The summed E-state index contributed by atoms with van der Waals surface area (Å²) in [5.41, 5.74) is 0.533. The van der Waals surface area contributed by atoms with Crippen molar-refractivity contribution in [3.63, 3.8) is 0 Å². The summed E-state index contributed by atoms with van der Waals surface area (Å²) in [4.78, 5) is 26.7. The number of Topliss-reactive ketones (excluding diaryl/α,β-unsaturated/α-hetero) is 1. The summed E-state index contributed by atoms with van der Waals surface area (Å²) in [6.07, 6.45) is 0.273. The molecule has 29 heavy (non-hydrogen) atoms. The number of aliphatic hydroxyl groups excluding tert-OH is 2. The third-order valence-corrected chi connectivity index (χ3v) is 5.18. The van der Waals surface area contributed by atoms with Crippen molar-refractivity contribution in [1.29, 1.82) is 0 Å². The van der Waals surface area contributed by atoms with Crippen LogP contribution in [0.5, 0.6) is 5.75 Å². The number of hydrogen-bond donors (Lipinski definition) is 2. The van der Waals surface area contributed by atoms with Gasteiger partial charge in [0.25, 0.3) is 11.7 Å². The van der Waals surface area contributed by atoms with E-state index in [1.165, 1.54) is 24.1 Å². The number of halogens is 2. The Balaban J connectivity index is 2.17. The van der Waals surface area contributed by atoms with Gasteiger partial charge in [0.2, 0.25) is 0 Å². The fraction of sp³-hybridized carbons (Fsp3) is 0.238. The van der Waals surface area contributed by atoms with Crippen LogP contribution in [-0.4, -0.2) is 47.1 Å². The van der Waals surface area contributed by atoms with Crippen molar-refractivity contribution < 1.29 is 28.9 Å². The molecule has 0 saturated carbocycles. The number of amides is 1. The standard InChI is InChI=1S/C21H19BrFNO5/c1-29-16-7-6-13(11-15(16)23)19(26)17-18(12-4-2-5-14(22)10-12)24(8-3-9-25)21(28)20(17)27/h2,4-7,10-11,18,25-26H,3,8-9H2,1H3/t18-/m1/s1. The molecule has 2 aromatic rings. The van der Waals surface area contributed by atoms with E-state index in [4.69, 9.17) is 9.84 Å². The second-order valence-corrected chi connectivity index (χ2v) is 7.39. The van der Waals surface area contributed by atoms with Crippen molar-refractivity contribution in [3.05, 3.63) is 69.5 Å². The quantitative estimate of drug-likeness (QED) is 0.389. The summed E-state index contributed by atoms with van der Waals surface area (Å²) in [6, 6.07) is 9.95. The summed E-state index contributed by atoms with van der Waals surface area (Å²) in [6.45, 7) is -0.0239. The monoisotopic (exact) mass is 463 g/mol. The molecule has 0 spiro atoms. The number of carbonyl (C=O) groups is 2. The van der Waals surface area contributed by atoms with Gasteiger partial charge in [0, 0.05) is 23.2 Å². The Hall–Kier alpha value is -2.71. The van der Waals surface area contributed by atoms with Crippen molar-refractivity contribution in [2.75, 3.05) is 20.3 Å². The maximum Gasteiger partial charge on any atom is 0.295 e. The smallest absolute Gasteiger partial charge is 0.295 e. The van der Waals surface area contributed by atoms with E-state index in [2.05, 4.69) is 15.9 Å². The fourth-order valence-electron chi connectivity index (χ4n) is 3.34. The van der Waals surface area contributed by atoms with Gasteiger partial charge < -0.3 is 19.8 Å². The molecule has 0 unspecified atom stereocenters. The van der Waals surface area contributed by atoms with Gasteiger partial charge in [-0.25, -0.2) is 4.39 Å². The van der Waals surface area contributed by atoms with Gasteiger partial charge in [-0.15, -0.1) is 0 Å². The van der Waals surface area contributed by atoms with Crippen LogP contribution in [0, 0.1) is 5.82 Å². The number of ketones is 1. The molecule has 1 heterocycles. The average molecular weight is 464 g/mol. The van der Waals surface area contributed by atoms with E-state index in [1.807, 2.05) is 0 Å².